The van der Waals surface area contributed by atoms with Crippen molar-refractivity contribution < 1.29 is 19.2 Å². The van der Waals surface area contributed by atoms with Gasteiger partial charge in [-0.15, -0.1) is 0 Å². The summed E-state index contributed by atoms with van der Waals surface area (Å²) in [5.74, 6) is -0.100. The molecule has 144 valence electrons. The minimum atomic E-state index is -0.710. The molecule has 6 heteroatoms. The molecule has 1 saturated carbocycles. The summed E-state index contributed by atoms with van der Waals surface area (Å²) < 4.78 is 5.49. The lowest BCUT2D eigenvalue weighted by atomic mass is 9.82. The van der Waals surface area contributed by atoms with E-state index in [2.05, 4.69) is 10.5 Å². The quantitative estimate of drug-likeness (QED) is 0.697. The van der Waals surface area contributed by atoms with Crippen molar-refractivity contribution in [2.75, 3.05) is 6.54 Å². The first-order valence-corrected chi connectivity index (χ1v) is 9.57. The van der Waals surface area contributed by atoms with E-state index < -0.39 is 5.97 Å². The number of nitrogens with zero attached hydrogens (tertiary/aromatic N) is 1. The standard InChI is InChI=1S/C22H22N2O4/c25-21(23-13-14-6-8-16(9-7-14)22(26)27)17-10-11-19-18(12-17)20(28-24-19)15-4-2-1-3-5-15/h1-5,10-12,14,16H,6-9,13H2,(H,23,25)(H,26,27). The summed E-state index contributed by atoms with van der Waals surface area (Å²) in [5.41, 5.74) is 2.19. The van der Waals surface area contributed by atoms with Crippen LogP contribution in [0.5, 0.6) is 0 Å². The Morgan fingerprint density at radius 2 is 1.82 bits per heavy atom. The maximum atomic E-state index is 12.6. The summed E-state index contributed by atoms with van der Waals surface area (Å²) >= 11 is 0. The number of aliphatic carboxylic acids is 1. The fourth-order valence-electron chi connectivity index (χ4n) is 3.83. The number of carboxylic acids is 1. The van der Waals surface area contributed by atoms with E-state index in [1.54, 1.807) is 12.1 Å². The number of carbonyl (C=O) groups excluding carboxylic acids is 1. The van der Waals surface area contributed by atoms with Crippen molar-refractivity contribution in [3.63, 3.8) is 0 Å². The van der Waals surface area contributed by atoms with Gasteiger partial charge in [0.2, 0.25) is 0 Å². The molecule has 0 aliphatic heterocycles. The maximum absolute atomic E-state index is 12.6. The lowest BCUT2D eigenvalue weighted by Gasteiger charge is -2.26. The molecular formula is C22H22N2O4. The minimum Gasteiger partial charge on any atom is -0.481 e. The van der Waals surface area contributed by atoms with Crippen LogP contribution in [0.4, 0.5) is 0 Å². The molecule has 28 heavy (non-hydrogen) atoms. The van der Waals surface area contributed by atoms with Crippen molar-refractivity contribution in [1.82, 2.24) is 10.5 Å². The molecular weight excluding hydrogens is 356 g/mol. The second-order valence-electron chi connectivity index (χ2n) is 7.38. The molecule has 2 aromatic carbocycles. The number of carboxylic acid groups (broad SMARTS) is 1. The predicted octanol–water partition coefficient (Wildman–Crippen LogP) is 4.12. The normalized spacial score (nSPS) is 19.4. The van der Waals surface area contributed by atoms with E-state index in [4.69, 9.17) is 9.63 Å². The summed E-state index contributed by atoms with van der Waals surface area (Å²) in [6, 6.07) is 15.0. The number of benzene rings is 2. The van der Waals surface area contributed by atoms with Gasteiger partial charge in [-0.05, 0) is 49.8 Å². The predicted molar refractivity (Wildman–Crippen MR) is 105 cm³/mol. The summed E-state index contributed by atoms with van der Waals surface area (Å²) in [5, 5.41) is 17.0. The molecule has 1 heterocycles. The summed E-state index contributed by atoms with van der Waals surface area (Å²) in [6.07, 6.45) is 3.03. The SMILES string of the molecule is O=C(NCC1CCC(C(=O)O)CC1)c1ccc2noc(-c3ccccc3)c2c1. The molecule has 0 radical (unpaired) electrons. The Hall–Kier alpha value is -3.15. The molecule has 3 aromatic rings. The van der Waals surface area contributed by atoms with Crippen LogP contribution in [0.1, 0.15) is 36.0 Å². The van der Waals surface area contributed by atoms with E-state index in [9.17, 15) is 9.59 Å². The molecule has 4 rings (SSSR count). The molecule has 0 spiro atoms. The van der Waals surface area contributed by atoms with Crippen molar-refractivity contribution >= 4 is 22.8 Å². The van der Waals surface area contributed by atoms with Crippen LogP contribution < -0.4 is 5.32 Å². The lowest BCUT2D eigenvalue weighted by molar-refractivity contribution is -0.143. The smallest absolute Gasteiger partial charge is 0.306 e. The Labute approximate surface area is 162 Å². The van der Waals surface area contributed by atoms with Gasteiger partial charge in [-0.2, -0.15) is 0 Å². The van der Waals surface area contributed by atoms with E-state index in [0.717, 1.165) is 23.8 Å². The topological polar surface area (TPSA) is 92.4 Å². The highest BCUT2D eigenvalue weighted by Gasteiger charge is 2.26. The van der Waals surface area contributed by atoms with E-state index in [1.807, 2.05) is 36.4 Å². The third kappa shape index (κ3) is 3.76. The summed E-state index contributed by atoms with van der Waals surface area (Å²) in [4.78, 5) is 23.7. The van der Waals surface area contributed by atoms with Crippen LogP contribution >= 0.6 is 0 Å². The van der Waals surface area contributed by atoms with Gasteiger partial charge in [0.15, 0.2) is 5.76 Å². The highest BCUT2D eigenvalue weighted by atomic mass is 16.5. The van der Waals surface area contributed by atoms with Crippen LogP contribution in [-0.2, 0) is 4.79 Å². The van der Waals surface area contributed by atoms with Gasteiger partial charge in [-0.1, -0.05) is 35.5 Å². The zero-order valence-corrected chi connectivity index (χ0v) is 15.4. The van der Waals surface area contributed by atoms with Gasteiger partial charge in [0.05, 0.1) is 11.3 Å². The molecule has 0 saturated heterocycles. The van der Waals surface area contributed by atoms with Gasteiger partial charge in [0.25, 0.3) is 5.91 Å². The molecule has 2 N–H and O–H groups in total. The van der Waals surface area contributed by atoms with Crippen LogP contribution in [0.15, 0.2) is 53.1 Å². The Bertz CT molecular complexity index is 988. The lowest BCUT2D eigenvalue weighted by Crippen LogP contribution is -2.32. The number of hydrogen-bond donors (Lipinski definition) is 2. The minimum absolute atomic E-state index is 0.137. The van der Waals surface area contributed by atoms with E-state index in [0.29, 0.717) is 42.1 Å². The second-order valence-corrected chi connectivity index (χ2v) is 7.38. The number of fused-ring (bicyclic) bond motifs is 1. The van der Waals surface area contributed by atoms with Gasteiger partial charge >= 0.3 is 5.97 Å². The molecule has 1 fully saturated rings. The maximum Gasteiger partial charge on any atom is 0.306 e. The summed E-state index contributed by atoms with van der Waals surface area (Å²) in [7, 11) is 0. The first-order valence-electron chi connectivity index (χ1n) is 9.57. The van der Waals surface area contributed by atoms with Crippen LogP contribution in [0.2, 0.25) is 0 Å². The Balaban J connectivity index is 1.44. The van der Waals surface area contributed by atoms with Gasteiger partial charge < -0.3 is 14.9 Å². The van der Waals surface area contributed by atoms with Crippen molar-refractivity contribution in [2.24, 2.45) is 11.8 Å². The second kappa shape index (κ2) is 7.84. The fraction of sp³-hybridized carbons (Fsp3) is 0.318. The molecule has 1 aliphatic rings. The highest BCUT2D eigenvalue weighted by Crippen LogP contribution is 2.30. The molecule has 0 unspecified atom stereocenters. The zero-order valence-electron chi connectivity index (χ0n) is 15.4. The first-order chi connectivity index (χ1) is 13.6. The molecule has 1 aromatic heterocycles. The molecule has 1 aliphatic carbocycles. The highest BCUT2D eigenvalue weighted by molar-refractivity contribution is 6.00. The Kier molecular flexibility index (Phi) is 5.10. The number of nitrogens with one attached hydrogen (secondary N) is 1. The molecule has 0 atom stereocenters. The number of aromatic nitrogens is 1. The van der Waals surface area contributed by atoms with Crippen LogP contribution in [-0.4, -0.2) is 28.7 Å². The largest absolute Gasteiger partial charge is 0.481 e. The summed E-state index contributed by atoms with van der Waals surface area (Å²) in [6.45, 7) is 0.568. The number of hydrogen-bond acceptors (Lipinski definition) is 4. The number of amides is 1. The first kappa shape index (κ1) is 18.2. The van der Waals surface area contributed by atoms with Gasteiger partial charge in [0.1, 0.15) is 5.52 Å². The van der Waals surface area contributed by atoms with Crippen molar-refractivity contribution in [1.29, 1.82) is 0 Å². The van der Waals surface area contributed by atoms with E-state index in [1.165, 1.54) is 0 Å². The monoisotopic (exact) mass is 378 g/mol. The van der Waals surface area contributed by atoms with E-state index in [-0.39, 0.29) is 11.8 Å². The Morgan fingerprint density at radius 1 is 1.07 bits per heavy atom. The van der Waals surface area contributed by atoms with Gasteiger partial charge in [-0.25, -0.2) is 0 Å². The van der Waals surface area contributed by atoms with Gasteiger partial charge in [-0.3, -0.25) is 9.59 Å². The van der Waals surface area contributed by atoms with E-state index >= 15 is 0 Å². The van der Waals surface area contributed by atoms with Crippen molar-refractivity contribution in [2.45, 2.75) is 25.7 Å². The van der Waals surface area contributed by atoms with Crippen LogP contribution in [0, 0.1) is 11.8 Å². The van der Waals surface area contributed by atoms with Crippen molar-refractivity contribution in [3.8, 4) is 11.3 Å². The Morgan fingerprint density at radius 3 is 2.54 bits per heavy atom. The zero-order chi connectivity index (χ0) is 19.5. The third-order valence-corrected chi connectivity index (χ3v) is 5.52. The van der Waals surface area contributed by atoms with Gasteiger partial charge in [0, 0.05) is 17.7 Å². The molecule has 1 amide bonds. The van der Waals surface area contributed by atoms with Crippen molar-refractivity contribution in [3.05, 3.63) is 54.1 Å². The average molecular weight is 378 g/mol. The fourth-order valence-corrected chi connectivity index (χ4v) is 3.83. The van der Waals surface area contributed by atoms with Crippen LogP contribution in [0.25, 0.3) is 22.2 Å². The number of rotatable bonds is 5. The molecule has 6 nitrogen and oxygen atoms in total. The van der Waals surface area contributed by atoms with Crippen LogP contribution in [0.3, 0.4) is 0 Å². The third-order valence-electron chi connectivity index (χ3n) is 5.52. The number of carbonyl (C=O) groups is 2. The average Bonchev–Trinajstić information content (AvgIpc) is 3.16. The molecule has 0 bridgehead atoms.